The second kappa shape index (κ2) is 5.23. The van der Waals surface area contributed by atoms with E-state index in [4.69, 9.17) is 11.6 Å². The van der Waals surface area contributed by atoms with E-state index in [-0.39, 0.29) is 23.0 Å². The number of rotatable bonds is 3. The van der Waals surface area contributed by atoms with E-state index < -0.39 is 11.6 Å². The summed E-state index contributed by atoms with van der Waals surface area (Å²) >= 11 is 5.73. The molecule has 2 aromatic rings. The molecule has 2 nitrogen and oxygen atoms in total. The summed E-state index contributed by atoms with van der Waals surface area (Å²) in [4.78, 5) is 0. The number of aromatic hydroxyl groups is 1. The van der Waals surface area contributed by atoms with Gasteiger partial charge in [0.05, 0.1) is 5.02 Å². The largest absolute Gasteiger partial charge is 0.506 e. The summed E-state index contributed by atoms with van der Waals surface area (Å²) in [5, 5.41) is 12.4. The molecule has 0 aliphatic rings. The van der Waals surface area contributed by atoms with Gasteiger partial charge in [0.1, 0.15) is 23.1 Å². The molecule has 0 aliphatic carbocycles. The molecule has 0 heterocycles. The first-order chi connectivity index (χ1) is 8.59. The molecule has 0 radical (unpaired) electrons. The van der Waals surface area contributed by atoms with Gasteiger partial charge in [-0.2, -0.15) is 0 Å². The summed E-state index contributed by atoms with van der Waals surface area (Å²) in [6, 6.07) is 8.40. The maximum atomic E-state index is 13.3. The van der Waals surface area contributed by atoms with E-state index in [0.717, 1.165) is 12.1 Å². The first-order valence-electron chi connectivity index (χ1n) is 5.24. The fourth-order valence-corrected chi connectivity index (χ4v) is 1.75. The SMILES string of the molecule is Oc1c(Cl)cccc1CNc1c(F)cccc1F. The fourth-order valence-electron chi connectivity index (χ4n) is 1.55. The maximum absolute atomic E-state index is 13.3. The number of phenols is 1. The molecule has 0 bridgehead atoms. The van der Waals surface area contributed by atoms with Crippen molar-refractivity contribution in [2.45, 2.75) is 6.54 Å². The average molecular weight is 270 g/mol. The minimum Gasteiger partial charge on any atom is -0.506 e. The van der Waals surface area contributed by atoms with Crippen molar-refractivity contribution < 1.29 is 13.9 Å². The smallest absolute Gasteiger partial charge is 0.149 e. The number of hydrogen-bond acceptors (Lipinski definition) is 2. The highest BCUT2D eigenvalue weighted by Crippen LogP contribution is 2.28. The molecule has 0 saturated carbocycles. The molecule has 2 aromatic carbocycles. The van der Waals surface area contributed by atoms with Gasteiger partial charge < -0.3 is 10.4 Å². The zero-order chi connectivity index (χ0) is 13.1. The summed E-state index contributed by atoms with van der Waals surface area (Å²) in [6.45, 7) is 0.0737. The number of anilines is 1. The zero-order valence-corrected chi connectivity index (χ0v) is 10.0. The molecular weight excluding hydrogens is 260 g/mol. The molecule has 0 aromatic heterocycles. The number of para-hydroxylation sites is 2. The van der Waals surface area contributed by atoms with Crippen LogP contribution in [0.4, 0.5) is 14.5 Å². The lowest BCUT2D eigenvalue weighted by Gasteiger charge is -2.10. The topological polar surface area (TPSA) is 32.3 Å². The van der Waals surface area contributed by atoms with Crippen LogP contribution in [0.3, 0.4) is 0 Å². The van der Waals surface area contributed by atoms with Crippen LogP contribution in [0.25, 0.3) is 0 Å². The van der Waals surface area contributed by atoms with Gasteiger partial charge in [0, 0.05) is 12.1 Å². The quantitative estimate of drug-likeness (QED) is 0.885. The van der Waals surface area contributed by atoms with Gasteiger partial charge in [-0.3, -0.25) is 0 Å². The summed E-state index contributed by atoms with van der Waals surface area (Å²) in [6.07, 6.45) is 0. The number of phenolic OH excluding ortho intramolecular Hbond substituents is 1. The van der Waals surface area contributed by atoms with Crippen LogP contribution in [-0.2, 0) is 6.54 Å². The normalized spacial score (nSPS) is 10.4. The van der Waals surface area contributed by atoms with Crippen LogP contribution in [0.5, 0.6) is 5.75 Å². The highest BCUT2D eigenvalue weighted by atomic mass is 35.5. The Morgan fingerprint density at radius 1 is 1.06 bits per heavy atom. The van der Waals surface area contributed by atoms with E-state index in [1.165, 1.54) is 12.1 Å². The number of hydrogen-bond donors (Lipinski definition) is 2. The average Bonchev–Trinajstić information content (AvgIpc) is 2.33. The van der Waals surface area contributed by atoms with Gasteiger partial charge in [-0.25, -0.2) is 8.78 Å². The predicted molar refractivity (Wildman–Crippen MR) is 66.8 cm³/mol. The summed E-state index contributed by atoms with van der Waals surface area (Å²) in [5.74, 6) is -1.46. The second-order valence-corrected chi connectivity index (χ2v) is 4.10. The molecule has 18 heavy (non-hydrogen) atoms. The van der Waals surface area contributed by atoms with Crippen molar-refractivity contribution in [3.8, 4) is 5.75 Å². The predicted octanol–water partition coefficient (Wildman–Crippen LogP) is 3.94. The molecule has 0 saturated heterocycles. The Morgan fingerprint density at radius 2 is 1.67 bits per heavy atom. The van der Waals surface area contributed by atoms with Gasteiger partial charge in [-0.15, -0.1) is 0 Å². The molecule has 2 N–H and O–H groups in total. The maximum Gasteiger partial charge on any atom is 0.149 e. The minimum absolute atomic E-state index is 0.0737. The van der Waals surface area contributed by atoms with Crippen molar-refractivity contribution in [2.75, 3.05) is 5.32 Å². The lowest BCUT2D eigenvalue weighted by molar-refractivity contribution is 0.469. The van der Waals surface area contributed by atoms with Crippen molar-refractivity contribution in [1.82, 2.24) is 0 Å². The molecule has 2 rings (SSSR count). The Kier molecular flexibility index (Phi) is 3.67. The molecule has 0 fully saturated rings. The Hall–Kier alpha value is -1.81. The standard InChI is InChI=1S/C13H10ClF2NO/c14-9-4-1-3-8(13(9)18)7-17-12-10(15)5-2-6-11(12)16/h1-6,17-18H,7H2. The van der Waals surface area contributed by atoms with Crippen LogP contribution in [0, 0.1) is 11.6 Å². The monoisotopic (exact) mass is 269 g/mol. The van der Waals surface area contributed by atoms with Crippen LogP contribution in [0.1, 0.15) is 5.56 Å². The molecule has 0 atom stereocenters. The van der Waals surface area contributed by atoms with E-state index in [2.05, 4.69) is 5.32 Å². The zero-order valence-electron chi connectivity index (χ0n) is 9.25. The van der Waals surface area contributed by atoms with Crippen molar-refractivity contribution >= 4 is 17.3 Å². The van der Waals surface area contributed by atoms with Crippen molar-refractivity contribution in [3.05, 3.63) is 58.6 Å². The van der Waals surface area contributed by atoms with Gasteiger partial charge in [0.15, 0.2) is 0 Å². The number of nitrogens with one attached hydrogen (secondary N) is 1. The van der Waals surface area contributed by atoms with E-state index in [1.54, 1.807) is 12.1 Å². The number of benzene rings is 2. The Bertz CT molecular complexity index is 555. The lowest BCUT2D eigenvalue weighted by Crippen LogP contribution is -2.04. The second-order valence-electron chi connectivity index (χ2n) is 3.70. The first-order valence-corrected chi connectivity index (χ1v) is 5.61. The van der Waals surface area contributed by atoms with Gasteiger partial charge in [-0.1, -0.05) is 29.8 Å². The molecule has 0 unspecified atom stereocenters. The molecule has 0 amide bonds. The van der Waals surface area contributed by atoms with E-state index in [1.807, 2.05) is 0 Å². The Balaban J connectivity index is 2.19. The van der Waals surface area contributed by atoms with Gasteiger partial charge in [0.25, 0.3) is 0 Å². The Morgan fingerprint density at radius 3 is 2.33 bits per heavy atom. The summed E-state index contributed by atoms with van der Waals surface area (Å²) in [7, 11) is 0. The van der Waals surface area contributed by atoms with Crippen molar-refractivity contribution in [1.29, 1.82) is 0 Å². The van der Waals surface area contributed by atoms with E-state index in [0.29, 0.717) is 5.56 Å². The van der Waals surface area contributed by atoms with Crippen molar-refractivity contribution in [2.24, 2.45) is 0 Å². The molecule has 5 heteroatoms. The van der Waals surface area contributed by atoms with Gasteiger partial charge >= 0.3 is 0 Å². The van der Waals surface area contributed by atoms with Gasteiger partial charge in [-0.05, 0) is 18.2 Å². The molecular formula is C13H10ClF2NO. The third-order valence-corrected chi connectivity index (χ3v) is 2.79. The summed E-state index contributed by atoms with van der Waals surface area (Å²) < 4.78 is 26.7. The van der Waals surface area contributed by atoms with E-state index in [9.17, 15) is 13.9 Å². The van der Waals surface area contributed by atoms with Crippen molar-refractivity contribution in [3.63, 3.8) is 0 Å². The van der Waals surface area contributed by atoms with Crippen LogP contribution >= 0.6 is 11.6 Å². The van der Waals surface area contributed by atoms with Crippen LogP contribution in [0.2, 0.25) is 5.02 Å². The van der Waals surface area contributed by atoms with Crippen LogP contribution in [0.15, 0.2) is 36.4 Å². The fraction of sp³-hybridized carbons (Fsp3) is 0.0769. The third-order valence-electron chi connectivity index (χ3n) is 2.49. The first kappa shape index (κ1) is 12.6. The minimum atomic E-state index is -0.684. The molecule has 0 aliphatic heterocycles. The lowest BCUT2D eigenvalue weighted by atomic mass is 10.2. The summed E-state index contributed by atoms with van der Waals surface area (Å²) in [5.41, 5.74) is 0.238. The van der Waals surface area contributed by atoms with Gasteiger partial charge in [0.2, 0.25) is 0 Å². The Labute approximate surface area is 108 Å². The molecule has 94 valence electrons. The molecule has 0 spiro atoms. The number of halogens is 3. The van der Waals surface area contributed by atoms with Crippen LogP contribution < -0.4 is 5.32 Å². The third kappa shape index (κ3) is 2.54. The van der Waals surface area contributed by atoms with Crippen LogP contribution in [-0.4, -0.2) is 5.11 Å². The van der Waals surface area contributed by atoms with E-state index >= 15 is 0 Å². The highest BCUT2D eigenvalue weighted by molar-refractivity contribution is 6.32. The highest BCUT2D eigenvalue weighted by Gasteiger charge is 2.09.